The first kappa shape index (κ1) is 13.9. The first-order chi connectivity index (χ1) is 9.31. The first-order valence-corrected chi connectivity index (χ1v) is 7.32. The molecular formula is C17H24N2. The highest BCUT2D eigenvalue weighted by molar-refractivity contribution is 5.85. The van der Waals surface area contributed by atoms with Crippen molar-refractivity contribution in [3.8, 4) is 0 Å². The fourth-order valence-electron chi connectivity index (χ4n) is 2.37. The second kappa shape index (κ2) is 7.15. The third kappa shape index (κ3) is 3.97. The molecule has 0 aliphatic carbocycles. The fourth-order valence-corrected chi connectivity index (χ4v) is 2.37. The Balaban J connectivity index is 1.91. The van der Waals surface area contributed by atoms with Crippen molar-refractivity contribution in [1.82, 2.24) is 0 Å². The SMILES string of the molecule is CCCCCCCN(N)c1ccc2ccccc2c1. The summed E-state index contributed by atoms with van der Waals surface area (Å²) in [5, 5.41) is 4.39. The van der Waals surface area contributed by atoms with Crippen LogP contribution in [0.1, 0.15) is 39.0 Å². The molecule has 0 saturated carbocycles. The molecule has 0 amide bonds. The minimum atomic E-state index is 0.933. The average Bonchev–Trinajstić information content (AvgIpc) is 2.46. The number of hydrogen-bond donors (Lipinski definition) is 1. The smallest absolute Gasteiger partial charge is 0.0523 e. The first-order valence-electron chi connectivity index (χ1n) is 7.32. The highest BCUT2D eigenvalue weighted by Crippen LogP contribution is 2.20. The van der Waals surface area contributed by atoms with Gasteiger partial charge in [0, 0.05) is 6.54 Å². The summed E-state index contributed by atoms with van der Waals surface area (Å²) in [5.74, 6) is 6.13. The van der Waals surface area contributed by atoms with Gasteiger partial charge in [0.25, 0.3) is 0 Å². The van der Waals surface area contributed by atoms with Crippen LogP contribution in [0.2, 0.25) is 0 Å². The van der Waals surface area contributed by atoms with Crippen LogP contribution in [-0.2, 0) is 0 Å². The van der Waals surface area contributed by atoms with Crippen molar-refractivity contribution in [3.05, 3.63) is 42.5 Å². The Kier molecular flexibility index (Phi) is 5.22. The number of hydrogen-bond acceptors (Lipinski definition) is 2. The van der Waals surface area contributed by atoms with E-state index < -0.39 is 0 Å². The van der Waals surface area contributed by atoms with Gasteiger partial charge in [-0.3, -0.25) is 0 Å². The van der Waals surface area contributed by atoms with Gasteiger partial charge in [-0.25, -0.2) is 5.84 Å². The number of hydrazine groups is 1. The van der Waals surface area contributed by atoms with Crippen molar-refractivity contribution >= 4 is 16.5 Å². The molecule has 0 aromatic heterocycles. The maximum atomic E-state index is 6.13. The molecule has 0 spiro atoms. The third-order valence-corrected chi connectivity index (χ3v) is 3.57. The molecule has 0 aliphatic rings. The number of benzene rings is 2. The molecule has 2 aromatic carbocycles. The van der Waals surface area contributed by atoms with Gasteiger partial charge in [-0.1, -0.05) is 62.9 Å². The van der Waals surface area contributed by atoms with Crippen LogP contribution in [0.4, 0.5) is 5.69 Å². The van der Waals surface area contributed by atoms with Crippen LogP contribution >= 0.6 is 0 Å². The van der Waals surface area contributed by atoms with Gasteiger partial charge in [0.05, 0.1) is 5.69 Å². The van der Waals surface area contributed by atoms with E-state index in [0.717, 1.165) is 12.2 Å². The lowest BCUT2D eigenvalue weighted by Crippen LogP contribution is -2.31. The summed E-state index contributed by atoms with van der Waals surface area (Å²) in [7, 11) is 0. The molecule has 0 saturated heterocycles. The highest BCUT2D eigenvalue weighted by Gasteiger charge is 2.02. The topological polar surface area (TPSA) is 29.3 Å². The average molecular weight is 256 g/mol. The molecular weight excluding hydrogens is 232 g/mol. The zero-order valence-corrected chi connectivity index (χ0v) is 11.8. The lowest BCUT2D eigenvalue weighted by Gasteiger charge is -2.19. The summed E-state index contributed by atoms with van der Waals surface area (Å²) in [4.78, 5) is 0. The van der Waals surface area contributed by atoms with E-state index in [2.05, 4.69) is 49.4 Å². The largest absolute Gasteiger partial charge is 0.311 e. The van der Waals surface area contributed by atoms with E-state index in [1.54, 1.807) is 0 Å². The van der Waals surface area contributed by atoms with Gasteiger partial charge in [0.15, 0.2) is 0 Å². The molecule has 0 aliphatic heterocycles. The van der Waals surface area contributed by atoms with E-state index in [-0.39, 0.29) is 0 Å². The minimum Gasteiger partial charge on any atom is -0.311 e. The van der Waals surface area contributed by atoms with E-state index in [9.17, 15) is 0 Å². The summed E-state index contributed by atoms with van der Waals surface area (Å²) in [5.41, 5.74) is 1.11. The second-order valence-corrected chi connectivity index (χ2v) is 5.14. The van der Waals surface area contributed by atoms with Gasteiger partial charge in [0.1, 0.15) is 0 Å². The molecule has 0 bridgehead atoms. The Hall–Kier alpha value is -1.54. The zero-order valence-electron chi connectivity index (χ0n) is 11.8. The van der Waals surface area contributed by atoms with Crippen LogP contribution in [0.15, 0.2) is 42.5 Å². The van der Waals surface area contributed by atoms with Crippen molar-refractivity contribution in [3.63, 3.8) is 0 Å². The van der Waals surface area contributed by atoms with E-state index in [4.69, 9.17) is 5.84 Å². The van der Waals surface area contributed by atoms with Crippen molar-refractivity contribution < 1.29 is 0 Å². The number of rotatable bonds is 7. The Bertz CT molecular complexity index is 507. The molecule has 2 nitrogen and oxygen atoms in total. The maximum Gasteiger partial charge on any atom is 0.0523 e. The molecule has 2 rings (SSSR count). The summed E-state index contributed by atoms with van der Waals surface area (Å²) in [6, 6.07) is 14.8. The van der Waals surface area contributed by atoms with Crippen LogP contribution in [0.25, 0.3) is 10.8 Å². The molecule has 2 heteroatoms. The Labute approximate surface area is 116 Å². The summed E-state index contributed by atoms with van der Waals surface area (Å²) >= 11 is 0. The predicted octanol–water partition coefficient (Wildman–Crippen LogP) is 4.49. The second-order valence-electron chi connectivity index (χ2n) is 5.14. The van der Waals surface area contributed by atoms with Crippen LogP contribution in [0, 0.1) is 0 Å². The van der Waals surface area contributed by atoms with Crippen LogP contribution in [0.3, 0.4) is 0 Å². The summed E-state index contributed by atoms with van der Waals surface area (Å²) in [6.45, 7) is 3.17. The van der Waals surface area contributed by atoms with E-state index >= 15 is 0 Å². The molecule has 19 heavy (non-hydrogen) atoms. The molecule has 0 radical (unpaired) electrons. The zero-order chi connectivity index (χ0) is 13.5. The van der Waals surface area contributed by atoms with Gasteiger partial charge in [-0.15, -0.1) is 0 Å². The standard InChI is InChI=1S/C17H24N2/c1-2-3-4-5-8-13-19(18)17-12-11-15-9-6-7-10-16(15)14-17/h6-7,9-12,14H,2-5,8,13,18H2,1H3. The van der Waals surface area contributed by atoms with Crippen LogP contribution < -0.4 is 10.9 Å². The molecule has 0 unspecified atom stereocenters. The van der Waals surface area contributed by atoms with Gasteiger partial charge in [-0.05, 0) is 29.3 Å². The van der Waals surface area contributed by atoms with E-state index in [0.29, 0.717) is 0 Å². The molecule has 2 N–H and O–H groups in total. The van der Waals surface area contributed by atoms with Gasteiger partial charge < -0.3 is 5.01 Å². The lowest BCUT2D eigenvalue weighted by molar-refractivity contribution is 0.622. The third-order valence-electron chi connectivity index (χ3n) is 3.57. The quantitative estimate of drug-likeness (QED) is 0.449. The molecule has 0 heterocycles. The van der Waals surface area contributed by atoms with Gasteiger partial charge >= 0.3 is 0 Å². The minimum absolute atomic E-state index is 0.933. The number of fused-ring (bicyclic) bond motifs is 1. The van der Waals surface area contributed by atoms with Crippen molar-refractivity contribution in [2.75, 3.05) is 11.6 Å². The monoisotopic (exact) mass is 256 g/mol. The number of nitrogens with zero attached hydrogens (tertiary/aromatic N) is 1. The fraction of sp³-hybridized carbons (Fsp3) is 0.412. The normalized spacial score (nSPS) is 10.8. The summed E-state index contributed by atoms with van der Waals surface area (Å²) in [6.07, 6.45) is 6.39. The van der Waals surface area contributed by atoms with Crippen LogP contribution in [-0.4, -0.2) is 6.54 Å². The van der Waals surface area contributed by atoms with E-state index in [1.807, 2.05) is 5.01 Å². The van der Waals surface area contributed by atoms with Crippen LogP contribution in [0.5, 0.6) is 0 Å². The predicted molar refractivity (Wildman–Crippen MR) is 84.2 cm³/mol. The maximum absolute atomic E-state index is 6.13. The molecule has 2 aromatic rings. The van der Waals surface area contributed by atoms with Crippen molar-refractivity contribution in [2.45, 2.75) is 39.0 Å². The van der Waals surface area contributed by atoms with Gasteiger partial charge in [-0.2, -0.15) is 0 Å². The number of unbranched alkanes of at least 4 members (excludes halogenated alkanes) is 4. The summed E-state index contributed by atoms with van der Waals surface area (Å²) < 4.78 is 0. The highest BCUT2D eigenvalue weighted by atomic mass is 15.4. The van der Waals surface area contributed by atoms with Gasteiger partial charge in [0.2, 0.25) is 0 Å². The van der Waals surface area contributed by atoms with Crippen molar-refractivity contribution in [2.24, 2.45) is 5.84 Å². The molecule has 0 fully saturated rings. The molecule has 102 valence electrons. The Morgan fingerprint density at radius 1 is 0.895 bits per heavy atom. The van der Waals surface area contributed by atoms with E-state index in [1.165, 1.54) is 42.9 Å². The lowest BCUT2D eigenvalue weighted by atomic mass is 10.1. The Morgan fingerprint density at radius 3 is 2.42 bits per heavy atom. The number of nitrogens with two attached hydrogens (primary N) is 1. The Morgan fingerprint density at radius 2 is 1.63 bits per heavy atom. The number of anilines is 1. The molecule has 0 atom stereocenters. The van der Waals surface area contributed by atoms with Crippen molar-refractivity contribution in [1.29, 1.82) is 0 Å².